The van der Waals surface area contributed by atoms with Gasteiger partial charge in [0.05, 0.1) is 19.3 Å². The van der Waals surface area contributed by atoms with E-state index in [1.54, 1.807) is 0 Å². The molecule has 0 spiro atoms. The molecule has 0 radical (unpaired) electrons. The molecule has 0 bridgehead atoms. The molecule has 0 aromatic heterocycles. The number of halogens is 3. The quantitative estimate of drug-likeness (QED) is 0.780. The van der Waals surface area contributed by atoms with Gasteiger partial charge in [0.2, 0.25) is 5.91 Å². The fraction of sp³-hybridized carbons (Fsp3) is 0.917. The van der Waals surface area contributed by atoms with Crippen molar-refractivity contribution in [2.75, 3.05) is 33.3 Å². The maximum Gasteiger partial charge on any atom is 0.406 e. The second-order valence-electron chi connectivity index (χ2n) is 5.24. The molecule has 1 aliphatic carbocycles. The number of hydrogen-bond acceptors (Lipinski definition) is 3. The van der Waals surface area contributed by atoms with Gasteiger partial charge in [-0.15, -0.1) is 0 Å². The van der Waals surface area contributed by atoms with Crippen molar-refractivity contribution in [2.24, 2.45) is 0 Å². The van der Waals surface area contributed by atoms with Crippen LogP contribution < -0.4 is 0 Å². The SMILES string of the molecule is CN(CC(F)(F)F)C(=O)CN1CCO[C@H]2CCC[C@@H]21. The average Bonchev–Trinajstić information content (AvgIpc) is 2.75. The van der Waals surface area contributed by atoms with Crippen LogP contribution in [0.5, 0.6) is 0 Å². The third kappa shape index (κ3) is 3.82. The Hall–Kier alpha value is -0.820. The molecule has 2 atom stereocenters. The second-order valence-corrected chi connectivity index (χ2v) is 5.24. The van der Waals surface area contributed by atoms with Gasteiger partial charge in [-0.05, 0) is 19.3 Å². The fourth-order valence-corrected chi connectivity index (χ4v) is 2.85. The van der Waals surface area contributed by atoms with Crippen molar-refractivity contribution in [1.29, 1.82) is 0 Å². The first-order valence-corrected chi connectivity index (χ1v) is 6.53. The van der Waals surface area contributed by atoms with E-state index in [0.29, 0.717) is 13.2 Å². The normalized spacial score (nSPS) is 28.2. The summed E-state index contributed by atoms with van der Waals surface area (Å²) < 4.78 is 42.3. The predicted octanol–water partition coefficient (Wildman–Crippen LogP) is 1.26. The number of morpholine rings is 1. The van der Waals surface area contributed by atoms with Crippen molar-refractivity contribution < 1.29 is 22.7 Å². The summed E-state index contributed by atoms with van der Waals surface area (Å²) in [6.07, 6.45) is -1.20. The van der Waals surface area contributed by atoms with E-state index in [0.717, 1.165) is 24.2 Å². The smallest absolute Gasteiger partial charge is 0.375 e. The Kier molecular flexibility index (Phi) is 4.35. The molecule has 1 heterocycles. The van der Waals surface area contributed by atoms with Gasteiger partial charge in [0.25, 0.3) is 0 Å². The van der Waals surface area contributed by atoms with Gasteiger partial charge in [-0.2, -0.15) is 13.2 Å². The molecule has 0 aromatic carbocycles. The first kappa shape index (κ1) is 14.6. The maximum absolute atomic E-state index is 12.2. The van der Waals surface area contributed by atoms with Gasteiger partial charge in [0.15, 0.2) is 0 Å². The number of carbonyl (C=O) groups excluding carboxylic acids is 1. The highest BCUT2D eigenvalue weighted by molar-refractivity contribution is 5.78. The molecule has 2 fully saturated rings. The molecule has 1 aliphatic heterocycles. The average molecular weight is 280 g/mol. The molecular formula is C12H19F3N2O2. The summed E-state index contributed by atoms with van der Waals surface area (Å²) in [5.74, 6) is -0.482. The van der Waals surface area contributed by atoms with Crippen LogP contribution in [0.4, 0.5) is 13.2 Å². The number of fused-ring (bicyclic) bond motifs is 1. The van der Waals surface area contributed by atoms with Gasteiger partial charge in [-0.3, -0.25) is 9.69 Å². The summed E-state index contributed by atoms with van der Waals surface area (Å²) in [6.45, 7) is 0.0333. The Balaban J connectivity index is 1.87. The minimum Gasteiger partial charge on any atom is -0.375 e. The van der Waals surface area contributed by atoms with Gasteiger partial charge < -0.3 is 9.64 Å². The molecular weight excluding hydrogens is 261 g/mol. The Morgan fingerprint density at radius 1 is 1.42 bits per heavy atom. The zero-order chi connectivity index (χ0) is 14.0. The monoisotopic (exact) mass is 280 g/mol. The summed E-state index contributed by atoms with van der Waals surface area (Å²) in [6, 6.07) is 0.192. The second kappa shape index (κ2) is 5.66. The molecule has 2 aliphatic rings. The lowest BCUT2D eigenvalue weighted by Crippen LogP contribution is -2.52. The van der Waals surface area contributed by atoms with Crippen LogP contribution in [0.25, 0.3) is 0 Å². The first-order chi connectivity index (χ1) is 8.87. The molecule has 0 N–H and O–H groups in total. The topological polar surface area (TPSA) is 32.8 Å². The van der Waals surface area contributed by atoms with E-state index in [4.69, 9.17) is 4.74 Å². The molecule has 7 heteroatoms. The molecule has 0 unspecified atom stereocenters. The summed E-state index contributed by atoms with van der Waals surface area (Å²) in [5, 5.41) is 0. The standard InChI is InChI=1S/C12H19F3N2O2/c1-16(8-12(13,14)15)11(18)7-17-5-6-19-10-4-2-3-9(10)17/h9-10H,2-8H2,1H3/t9-,10-/m0/s1. The van der Waals surface area contributed by atoms with E-state index in [1.807, 2.05) is 4.90 Å². The molecule has 110 valence electrons. The predicted molar refractivity (Wildman–Crippen MR) is 62.6 cm³/mol. The molecule has 2 rings (SSSR count). The molecule has 1 saturated heterocycles. The number of nitrogens with zero attached hydrogens (tertiary/aromatic N) is 2. The van der Waals surface area contributed by atoms with Crippen LogP contribution in [0, 0.1) is 0 Å². The van der Waals surface area contributed by atoms with Crippen molar-refractivity contribution in [1.82, 2.24) is 9.80 Å². The lowest BCUT2D eigenvalue weighted by molar-refractivity contribution is -0.160. The molecule has 0 aromatic rings. The van der Waals surface area contributed by atoms with Crippen LogP contribution in [0.2, 0.25) is 0 Å². The van der Waals surface area contributed by atoms with Crippen LogP contribution in [-0.2, 0) is 9.53 Å². The molecule has 1 saturated carbocycles. The number of alkyl halides is 3. The zero-order valence-corrected chi connectivity index (χ0v) is 10.9. The Morgan fingerprint density at radius 2 is 2.16 bits per heavy atom. The van der Waals surface area contributed by atoms with Crippen molar-refractivity contribution in [2.45, 2.75) is 37.6 Å². The van der Waals surface area contributed by atoms with Crippen LogP contribution in [0.1, 0.15) is 19.3 Å². The van der Waals surface area contributed by atoms with E-state index in [1.165, 1.54) is 7.05 Å². The van der Waals surface area contributed by atoms with Crippen LogP contribution in [0.15, 0.2) is 0 Å². The minimum atomic E-state index is -4.34. The van der Waals surface area contributed by atoms with E-state index < -0.39 is 18.6 Å². The van der Waals surface area contributed by atoms with E-state index in [2.05, 4.69) is 0 Å². The fourth-order valence-electron chi connectivity index (χ4n) is 2.85. The third-order valence-corrected chi connectivity index (χ3v) is 3.78. The van der Waals surface area contributed by atoms with E-state index in [9.17, 15) is 18.0 Å². The minimum absolute atomic E-state index is 0.0527. The number of rotatable bonds is 3. The number of amides is 1. The highest BCUT2D eigenvalue weighted by Crippen LogP contribution is 2.29. The van der Waals surface area contributed by atoms with Crippen molar-refractivity contribution in [3.63, 3.8) is 0 Å². The Bertz CT molecular complexity index is 335. The molecule has 1 amide bonds. The van der Waals surface area contributed by atoms with Crippen LogP contribution >= 0.6 is 0 Å². The number of hydrogen-bond donors (Lipinski definition) is 0. The van der Waals surface area contributed by atoms with Crippen molar-refractivity contribution >= 4 is 5.91 Å². The first-order valence-electron chi connectivity index (χ1n) is 6.53. The summed E-state index contributed by atoms with van der Waals surface area (Å²) in [7, 11) is 1.20. The summed E-state index contributed by atoms with van der Waals surface area (Å²) in [4.78, 5) is 14.5. The number of ether oxygens (including phenoxy) is 1. The van der Waals surface area contributed by atoms with Gasteiger partial charge in [0, 0.05) is 19.6 Å². The third-order valence-electron chi connectivity index (χ3n) is 3.78. The molecule has 4 nitrogen and oxygen atoms in total. The van der Waals surface area contributed by atoms with E-state index in [-0.39, 0.29) is 18.7 Å². The highest BCUT2D eigenvalue weighted by atomic mass is 19.4. The number of carbonyl (C=O) groups is 1. The van der Waals surface area contributed by atoms with Crippen molar-refractivity contribution in [3.05, 3.63) is 0 Å². The van der Waals surface area contributed by atoms with Gasteiger partial charge in [-0.25, -0.2) is 0 Å². The summed E-state index contributed by atoms with van der Waals surface area (Å²) in [5.41, 5.74) is 0. The largest absolute Gasteiger partial charge is 0.406 e. The van der Waals surface area contributed by atoms with Gasteiger partial charge >= 0.3 is 6.18 Å². The Morgan fingerprint density at radius 3 is 2.84 bits per heavy atom. The number of likely N-dealkylation sites (N-methyl/N-ethyl adjacent to an activating group) is 1. The lowest BCUT2D eigenvalue weighted by atomic mass is 10.1. The highest BCUT2D eigenvalue weighted by Gasteiger charge is 2.38. The maximum atomic E-state index is 12.2. The van der Waals surface area contributed by atoms with Gasteiger partial charge in [0.1, 0.15) is 6.54 Å². The van der Waals surface area contributed by atoms with Crippen LogP contribution in [-0.4, -0.2) is 67.3 Å². The van der Waals surface area contributed by atoms with Crippen molar-refractivity contribution in [3.8, 4) is 0 Å². The Labute approximate surface area is 110 Å². The lowest BCUT2D eigenvalue weighted by Gasteiger charge is -2.37. The zero-order valence-electron chi connectivity index (χ0n) is 10.9. The molecule has 19 heavy (non-hydrogen) atoms. The van der Waals surface area contributed by atoms with Gasteiger partial charge in [-0.1, -0.05) is 0 Å². The van der Waals surface area contributed by atoms with E-state index >= 15 is 0 Å². The van der Waals surface area contributed by atoms with Crippen LogP contribution in [0.3, 0.4) is 0 Å². The summed E-state index contributed by atoms with van der Waals surface area (Å²) >= 11 is 0.